The SMILES string of the molecule is O=C(/C1=C/CCCCCC1)c1ccc(Br)c(C(F)(F)F)c1. The van der Waals surface area contributed by atoms with E-state index in [9.17, 15) is 18.0 Å². The van der Waals surface area contributed by atoms with Gasteiger partial charge >= 0.3 is 6.18 Å². The van der Waals surface area contributed by atoms with Crippen molar-refractivity contribution in [2.45, 2.75) is 44.7 Å². The molecule has 0 saturated heterocycles. The van der Waals surface area contributed by atoms with Crippen LogP contribution in [-0.4, -0.2) is 5.78 Å². The maximum Gasteiger partial charge on any atom is 0.417 e. The molecule has 0 unspecified atom stereocenters. The van der Waals surface area contributed by atoms with Crippen molar-refractivity contribution in [2.75, 3.05) is 0 Å². The van der Waals surface area contributed by atoms with Crippen LogP contribution >= 0.6 is 15.9 Å². The summed E-state index contributed by atoms with van der Waals surface area (Å²) in [7, 11) is 0. The van der Waals surface area contributed by atoms with Crippen molar-refractivity contribution in [2.24, 2.45) is 0 Å². The van der Waals surface area contributed by atoms with E-state index < -0.39 is 11.7 Å². The molecule has 114 valence electrons. The highest BCUT2D eigenvalue weighted by Gasteiger charge is 2.33. The monoisotopic (exact) mass is 360 g/mol. The summed E-state index contributed by atoms with van der Waals surface area (Å²) in [5.41, 5.74) is -0.0534. The molecule has 0 spiro atoms. The first kappa shape index (κ1) is 16.3. The Morgan fingerprint density at radius 2 is 1.81 bits per heavy atom. The molecule has 0 aliphatic heterocycles. The molecular weight excluding hydrogens is 345 g/mol. The lowest BCUT2D eigenvalue weighted by Gasteiger charge is -2.13. The molecule has 0 aromatic heterocycles. The third-order valence-electron chi connectivity index (χ3n) is 3.62. The van der Waals surface area contributed by atoms with Crippen LogP contribution in [0, 0.1) is 0 Å². The van der Waals surface area contributed by atoms with Crippen LogP contribution in [0.1, 0.15) is 54.4 Å². The molecule has 0 heterocycles. The number of hydrogen-bond acceptors (Lipinski definition) is 1. The molecule has 1 aliphatic rings. The summed E-state index contributed by atoms with van der Waals surface area (Å²) in [5, 5.41) is 0. The molecule has 1 nitrogen and oxygen atoms in total. The van der Waals surface area contributed by atoms with Crippen LogP contribution in [-0.2, 0) is 6.18 Å². The Kier molecular flexibility index (Phi) is 5.25. The van der Waals surface area contributed by atoms with Gasteiger partial charge in [-0.25, -0.2) is 0 Å². The summed E-state index contributed by atoms with van der Waals surface area (Å²) >= 11 is 2.89. The van der Waals surface area contributed by atoms with Crippen molar-refractivity contribution in [1.82, 2.24) is 0 Å². The van der Waals surface area contributed by atoms with Gasteiger partial charge < -0.3 is 0 Å². The van der Waals surface area contributed by atoms with Crippen molar-refractivity contribution in [1.29, 1.82) is 0 Å². The number of benzene rings is 1. The van der Waals surface area contributed by atoms with Crippen molar-refractivity contribution in [3.63, 3.8) is 0 Å². The molecule has 0 amide bonds. The predicted octanol–water partition coefficient (Wildman–Crippen LogP) is 5.93. The molecule has 1 aromatic carbocycles. The van der Waals surface area contributed by atoms with E-state index in [-0.39, 0.29) is 15.8 Å². The average molecular weight is 361 g/mol. The van der Waals surface area contributed by atoms with Crippen LogP contribution in [0.5, 0.6) is 0 Å². The number of Topliss-reactive ketones (excluding diaryl/α,β-unsaturated/α-hetero) is 1. The maximum absolute atomic E-state index is 12.9. The van der Waals surface area contributed by atoms with E-state index in [1.807, 2.05) is 6.08 Å². The number of carbonyl (C=O) groups excluding carboxylic acids is 1. The highest BCUT2D eigenvalue weighted by molar-refractivity contribution is 9.10. The number of rotatable bonds is 2. The van der Waals surface area contributed by atoms with Gasteiger partial charge in [-0.3, -0.25) is 4.79 Å². The molecule has 0 atom stereocenters. The minimum atomic E-state index is -4.47. The summed E-state index contributed by atoms with van der Waals surface area (Å²) in [4.78, 5) is 12.4. The van der Waals surface area contributed by atoms with Crippen molar-refractivity contribution >= 4 is 21.7 Å². The fourth-order valence-electron chi connectivity index (χ4n) is 2.47. The minimum Gasteiger partial charge on any atom is -0.289 e. The van der Waals surface area contributed by atoms with Crippen molar-refractivity contribution < 1.29 is 18.0 Å². The lowest BCUT2D eigenvalue weighted by molar-refractivity contribution is -0.138. The van der Waals surface area contributed by atoms with Gasteiger partial charge in [-0.2, -0.15) is 13.2 Å². The Hall–Kier alpha value is -1.10. The van der Waals surface area contributed by atoms with Gasteiger partial charge in [0.15, 0.2) is 5.78 Å². The molecule has 0 saturated carbocycles. The molecule has 0 radical (unpaired) electrons. The smallest absolute Gasteiger partial charge is 0.289 e. The van der Waals surface area contributed by atoms with Crippen molar-refractivity contribution in [3.8, 4) is 0 Å². The van der Waals surface area contributed by atoms with E-state index in [0.29, 0.717) is 12.0 Å². The van der Waals surface area contributed by atoms with Crippen LogP contribution in [0.3, 0.4) is 0 Å². The standard InChI is InChI=1S/C16H16BrF3O/c17-14-9-8-12(10-13(14)16(18,19)20)15(21)11-6-4-2-1-3-5-7-11/h6,8-10H,1-5,7H2/b11-6+. The van der Waals surface area contributed by atoms with Gasteiger partial charge in [0.25, 0.3) is 0 Å². The largest absolute Gasteiger partial charge is 0.417 e. The molecule has 1 aromatic rings. The number of halogens is 4. The molecule has 1 aliphatic carbocycles. The number of carbonyl (C=O) groups is 1. The van der Waals surface area contributed by atoms with Gasteiger partial charge in [0.2, 0.25) is 0 Å². The zero-order valence-corrected chi connectivity index (χ0v) is 13.1. The highest BCUT2D eigenvalue weighted by Crippen LogP contribution is 2.36. The topological polar surface area (TPSA) is 17.1 Å². The third-order valence-corrected chi connectivity index (χ3v) is 4.31. The molecule has 0 bridgehead atoms. The highest BCUT2D eigenvalue weighted by atomic mass is 79.9. The second kappa shape index (κ2) is 6.77. The average Bonchev–Trinajstić information content (AvgIpc) is 2.36. The summed E-state index contributed by atoms with van der Waals surface area (Å²) in [6, 6.07) is 3.67. The molecule has 21 heavy (non-hydrogen) atoms. The van der Waals surface area contributed by atoms with Gasteiger partial charge in [-0.15, -0.1) is 0 Å². The second-order valence-corrected chi connectivity index (χ2v) is 6.06. The lowest BCUT2D eigenvalue weighted by atomic mass is 9.93. The molecule has 0 N–H and O–H groups in total. The van der Waals surface area contributed by atoms with E-state index in [0.717, 1.165) is 38.2 Å². The van der Waals surface area contributed by atoms with Crippen LogP contribution in [0.2, 0.25) is 0 Å². The van der Waals surface area contributed by atoms with Crippen LogP contribution in [0.4, 0.5) is 13.2 Å². The predicted molar refractivity (Wildman–Crippen MR) is 79.3 cm³/mol. The number of alkyl halides is 3. The van der Waals surface area contributed by atoms with Gasteiger partial charge in [0, 0.05) is 10.0 Å². The normalized spacial score (nSPS) is 19.3. The van der Waals surface area contributed by atoms with E-state index in [1.165, 1.54) is 12.1 Å². The molecule has 5 heteroatoms. The van der Waals surface area contributed by atoms with Gasteiger partial charge in [0.05, 0.1) is 5.56 Å². The fourth-order valence-corrected chi connectivity index (χ4v) is 2.94. The first-order valence-corrected chi connectivity index (χ1v) is 7.79. The van der Waals surface area contributed by atoms with Gasteiger partial charge in [0.1, 0.15) is 0 Å². The van der Waals surface area contributed by atoms with Crippen LogP contribution < -0.4 is 0 Å². The quantitative estimate of drug-likeness (QED) is 0.597. The number of allylic oxidation sites excluding steroid dienone is 2. The van der Waals surface area contributed by atoms with Gasteiger partial charge in [-0.05, 0) is 49.5 Å². The van der Waals surface area contributed by atoms with Gasteiger partial charge in [-0.1, -0.05) is 34.8 Å². The third kappa shape index (κ3) is 4.19. The Bertz CT molecular complexity index is 561. The van der Waals surface area contributed by atoms with Crippen LogP contribution in [0.25, 0.3) is 0 Å². The molecular formula is C16H16BrF3O. The number of ketones is 1. The number of hydrogen-bond donors (Lipinski definition) is 0. The Balaban J connectivity index is 2.30. The maximum atomic E-state index is 12.9. The van der Waals surface area contributed by atoms with Crippen LogP contribution in [0.15, 0.2) is 34.3 Å². The van der Waals surface area contributed by atoms with E-state index >= 15 is 0 Å². The fraction of sp³-hybridized carbons (Fsp3) is 0.438. The van der Waals surface area contributed by atoms with E-state index in [2.05, 4.69) is 15.9 Å². The summed E-state index contributed by atoms with van der Waals surface area (Å²) < 4.78 is 38.6. The summed E-state index contributed by atoms with van der Waals surface area (Å²) in [6.45, 7) is 0. The molecule has 2 rings (SSSR count). The Morgan fingerprint density at radius 3 is 2.52 bits per heavy atom. The molecule has 0 fully saturated rings. The second-order valence-electron chi connectivity index (χ2n) is 5.20. The first-order valence-electron chi connectivity index (χ1n) is 7.00. The van der Waals surface area contributed by atoms with Crippen molar-refractivity contribution in [3.05, 3.63) is 45.4 Å². The Morgan fingerprint density at radius 1 is 1.10 bits per heavy atom. The first-order chi connectivity index (χ1) is 9.89. The minimum absolute atomic E-state index is 0.0433. The Labute approximate surface area is 130 Å². The zero-order valence-electron chi connectivity index (χ0n) is 11.5. The van der Waals surface area contributed by atoms with E-state index in [4.69, 9.17) is 0 Å². The lowest BCUT2D eigenvalue weighted by Crippen LogP contribution is -2.10. The summed E-state index contributed by atoms with van der Waals surface area (Å²) in [6.07, 6.45) is 3.06. The zero-order chi connectivity index (χ0) is 15.5. The summed E-state index contributed by atoms with van der Waals surface area (Å²) in [5.74, 6) is -0.282. The van der Waals surface area contributed by atoms with E-state index in [1.54, 1.807) is 0 Å².